The van der Waals surface area contributed by atoms with Gasteiger partial charge in [0.15, 0.2) is 17.4 Å². The molecule has 3 rings (SSSR count). The lowest BCUT2D eigenvalue weighted by molar-refractivity contribution is 0.102. The first-order valence-electron chi connectivity index (χ1n) is 7.33. The van der Waals surface area contributed by atoms with Gasteiger partial charge < -0.3 is 14.6 Å². The van der Waals surface area contributed by atoms with Gasteiger partial charge in [-0.2, -0.15) is 0 Å². The van der Waals surface area contributed by atoms with Gasteiger partial charge in [-0.15, -0.1) is 11.3 Å². The van der Waals surface area contributed by atoms with Crippen LogP contribution in [0.3, 0.4) is 0 Å². The molecule has 130 valence electrons. The number of aromatic nitrogens is 2. The maximum absolute atomic E-state index is 13.9. The summed E-state index contributed by atoms with van der Waals surface area (Å²) in [5, 5.41) is 4.57. The third-order valence-electron chi connectivity index (χ3n) is 3.82. The third kappa shape index (κ3) is 3.25. The van der Waals surface area contributed by atoms with Gasteiger partial charge in [-0.3, -0.25) is 4.79 Å². The number of amides is 1. The number of carbonyl (C=O) groups excluding carboxylic acids is 1. The zero-order valence-electron chi connectivity index (χ0n) is 13.8. The second kappa shape index (κ2) is 6.64. The summed E-state index contributed by atoms with van der Waals surface area (Å²) in [7, 11) is 3.14. The van der Waals surface area contributed by atoms with Crippen LogP contribution in [0.4, 0.5) is 14.5 Å². The Labute approximate surface area is 146 Å². The zero-order chi connectivity index (χ0) is 18.1. The van der Waals surface area contributed by atoms with E-state index in [1.807, 2.05) is 30.7 Å². The molecule has 1 amide bonds. The van der Waals surface area contributed by atoms with Crippen LogP contribution in [0.1, 0.15) is 16.2 Å². The summed E-state index contributed by atoms with van der Waals surface area (Å²) < 4.78 is 34.3. The molecular weight excluding hydrogens is 348 g/mol. The van der Waals surface area contributed by atoms with E-state index in [4.69, 9.17) is 4.74 Å². The predicted octanol–water partition coefficient (Wildman–Crippen LogP) is 4.00. The number of hydrogen-bond donors (Lipinski definition) is 1. The number of rotatable bonds is 4. The minimum atomic E-state index is -0.792. The lowest BCUT2D eigenvalue weighted by atomic mass is 10.2. The van der Waals surface area contributed by atoms with Gasteiger partial charge >= 0.3 is 0 Å². The van der Waals surface area contributed by atoms with E-state index in [0.717, 1.165) is 23.5 Å². The molecule has 5 nitrogen and oxygen atoms in total. The molecule has 25 heavy (non-hydrogen) atoms. The molecule has 3 aromatic rings. The molecule has 0 aliphatic rings. The second-order valence-corrected chi connectivity index (χ2v) is 6.24. The second-order valence-electron chi connectivity index (χ2n) is 5.38. The van der Waals surface area contributed by atoms with Crippen molar-refractivity contribution in [2.45, 2.75) is 6.92 Å². The first-order chi connectivity index (χ1) is 11.9. The molecule has 0 aliphatic carbocycles. The van der Waals surface area contributed by atoms with E-state index in [2.05, 4.69) is 10.3 Å². The number of methoxy groups -OCH3 is 1. The number of nitrogens with one attached hydrogen (secondary N) is 1. The number of ether oxygens (including phenoxy) is 1. The Morgan fingerprint density at radius 1 is 1.28 bits per heavy atom. The molecule has 2 heterocycles. The Bertz CT molecular complexity index is 950. The van der Waals surface area contributed by atoms with Gasteiger partial charge in [0.2, 0.25) is 0 Å². The summed E-state index contributed by atoms with van der Waals surface area (Å²) in [6, 6.07) is 5.62. The zero-order valence-corrected chi connectivity index (χ0v) is 14.6. The van der Waals surface area contributed by atoms with Crippen LogP contribution in [0, 0.1) is 18.6 Å². The van der Waals surface area contributed by atoms with E-state index in [0.29, 0.717) is 5.01 Å². The maximum Gasteiger partial charge on any atom is 0.275 e. The number of hydrogen-bond acceptors (Lipinski definition) is 4. The molecule has 0 aliphatic heterocycles. The van der Waals surface area contributed by atoms with Crippen LogP contribution in [-0.4, -0.2) is 22.6 Å². The van der Waals surface area contributed by atoms with E-state index >= 15 is 0 Å². The molecule has 1 N–H and O–H groups in total. The highest BCUT2D eigenvalue weighted by atomic mass is 32.1. The van der Waals surface area contributed by atoms with Crippen molar-refractivity contribution in [3.05, 3.63) is 52.7 Å². The lowest BCUT2D eigenvalue weighted by Crippen LogP contribution is -2.14. The van der Waals surface area contributed by atoms with Crippen LogP contribution in [0.15, 0.2) is 29.6 Å². The number of halogens is 2. The van der Waals surface area contributed by atoms with Crippen LogP contribution in [0.5, 0.6) is 5.75 Å². The Hall–Kier alpha value is -2.74. The summed E-state index contributed by atoms with van der Waals surface area (Å²) in [6.07, 6.45) is 0. The molecule has 1 aromatic carbocycles. The van der Waals surface area contributed by atoms with E-state index in [9.17, 15) is 13.6 Å². The Morgan fingerprint density at radius 2 is 2.04 bits per heavy atom. The largest absolute Gasteiger partial charge is 0.494 e. The maximum atomic E-state index is 13.9. The highest BCUT2D eigenvalue weighted by molar-refractivity contribution is 7.13. The van der Waals surface area contributed by atoms with Crippen molar-refractivity contribution in [1.29, 1.82) is 0 Å². The van der Waals surface area contributed by atoms with Gasteiger partial charge in [0, 0.05) is 30.3 Å². The summed E-state index contributed by atoms with van der Waals surface area (Å²) in [5.41, 5.74) is 1.80. The van der Waals surface area contributed by atoms with Crippen molar-refractivity contribution in [3.8, 4) is 16.5 Å². The molecule has 0 unspecified atom stereocenters. The smallest absolute Gasteiger partial charge is 0.275 e. The van der Waals surface area contributed by atoms with Gasteiger partial charge in [0.25, 0.3) is 5.91 Å². The normalized spacial score (nSPS) is 10.8. The highest BCUT2D eigenvalue weighted by Gasteiger charge is 2.17. The fourth-order valence-corrected chi connectivity index (χ4v) is 3.15. The van der Waals surface area contributed by atoms with Gasteiger partial charge in [0.1, 0.15) is 10.7 Å². The van der Waals surface area contributed by atoms with Crippen LogP contribution in [0.25, 0.3) is 10.7 Å². The molecule has 0 saturated heterocycles. The number of benzene rings is 1. The van der Waals surface area contributed by atoms with E-state index in [1.54, 1.807) is 5.38 Å². The van der Waals surface area contributed by atoms with Crippen molar-refractivity contribution in [1.82, 2.24) is 9.55 Å². The fourth-order valence-electron chi connectivity index (χ4n) is 2.29. The van der Waals surface area contributed by atoms with Crippen LogP contribution in [0.2, 0.25) is 0 Å². The molecule has 8 heteroatoms. The molecule has 0 bridgehead atoms. The van der Waals surface area contributed by atoms with Crippen molar-refractivity contribution >= 4 is 22.9 Å². The van der Waals surface area contributed by atoms with E-state index in [1.165, 1.54) is 18.4 Å². The molecule has 0 fully saturated rings. The molecule has 0 spiro atoms. The van der Waals surface area contributed by atoms with Crippen molar-refractivity contribution in [3.63, 3.8) is 0 Å². The quantitative estimate of drug-likeness (QED) is 0.762. The van der Waals surface area contributed by atoms with Gasteiger partial charge in [-0.1, -0.05) is 0 Å². The first kappa shape index (κ1) is 17.1. The van der Waals surface area contributed by atoms with Crippen molar-refractivity contribution in [2.24, 2.45) is 7.05 Å². The SMILES string of the molecule is COc1cc(F)c(NC(=O)c2csc(-c3ccc(C)n3C)n2)cc1F. The minimum absolute atomic E-state index is 0.134. The number of nitrogens with zero attached hydrogens (tertiary/aromatic N) is 2. The lowest BCUT2D eigenvalue weighted by Gasteiger charge is -2.08. The van der Waals surface area contributed by atoms with Crippen molar-refractivity contribution < 1.29 is 18.3 Å². The number of aryl methyl sites for hydroxylation is 1. The minimum Gasteiger partial charge on any atom is -0.494 e. The fraction of sp³-hybridized carbons (Fsp3) is 0.176. The van der Waals surface area contributed by atoms with Gasteiger partial charge in [0.05, 0.1) is 18.5 Å². The number of anilines is 1. The topological polar surface area (TPSA) is 56.1 Å². The molecule has 0 radical (unpaired) electrons. The average Bonchev–Trinajstić information content (AvgIpc) is 3.18. The molecule has 0 saturated carbocycles. The Morgan fingerprint density at radius 3 is 2.68 bits per heavy atom. The third-order valence-corrected chi connectivity index (χ3v) is 4.68. The van der Waals surface area contributed by atoms with Crippen LogP contribution in [-0.2, 0) is 7.05 Å². The molecular formula is C17H15F2N3O2S. The summed E-state index contributed by atoms with van der Waals surface area (Å²) in [6.45, 7) is 1.96. The van der Waals surface area contributed by atoms with Gasteiger partial charge in [-0.25, -0.2) is 13.8 Å². The number of carbonyl (C=O) groups is 1. The first-order valence-corrected chi connectivity index (χ1v) is 8.21. The monoisotopic (exact) mass is 363 g/mol. The van der Waals surface area contributed by atoms with Crippen LogP contribution >= 0.6 is 11.3 Å². The highest BCUT2D eigenvalue weighted by Crippen LogP contribution is 2.27. The van der Waals surface area contributed by atoms with Crippen molar-refractivity contribution in [2.75, 3.05) is 12.4 Å². The standard InChI is InChI=1S/C17H15F2N3O2S/c1-9-4-5-14(22(9)2)17-21-13(8-25-17)16(23)20-12-6-11(19)15(24-3)7-10(12)18/h4-8H,1-3H3,(H,20,23). The Balaban J connectivity index is 1.83. The van der Waals surface area contributed by atoms with Crippen LogP contribution < -0.4 is 10.1 Å². The molecule has 2 aromatic heterocycles. The van der Waals surface area contributed by atoms with E-state index in [-0.39, 0.29) is 17.1 Å². The average molecular weight is 363 g/mol. The summed E-state index contributed by atoms with van der Waals surface area (Å²) in [5.74, 6) is -2.40. The van der Waals surface area contributed by atoms with Gasteiger partial charge in [-0.05, 0) is 19.1 Å². The molecule has 0 atom stereocenters. The van der Waals surface area contributed by atoms with E-state index < -0.39 is 17.5 Å². The Kier molecular flexibility index (Phi) is 4.54. The number of thiazole rings is 1. The summed E-state index contributed by atoms with van der Waals surface area (Å²) >= 11 is 1.30. The summed E-state index contributed by atoms with van der Waals surface area (Å²) in [4.78, 5) is 16.6. The predicted molar refractivity (Wildman–Crippen MR) is 92.1 cm³/mol.